The van der Waals surface area contributed by atoms with Crippen LogP contribution in [0.25, 0.3) is 0 Å². The minimum atomic E-state index is -0.103. The minimum absolute atomic E-state index is 0.103. The highest BCUT2D eigenvalue weighted by Crippen LogP contribution is 2.21. The highest BCUT2D eigenvalue weighted by Gasteiger charge is 2.15. The zero-order valence-electron chi connectivity index (χ0n) is 12.4. The first-order valence-corrected chi connectivity index (χ1v) is 8.69. The van der Waals surface area contributed by atoms with Crippen molar-refractivity contribution in [1.82, 2.24) is 10.2 Å². The van der Waals surface area contributed by atoms with Crippen molar-refractivity contribution in [3.8, 4) is 0 Å². The Bertz CT molecular complexity index is 487. The molecule has 3 nitrogen and oxygen atoms in total. The molecule has 1 N–H and O–H groups in total. The molecule has 2 rings (SSSR count). The van der Waals surface area contributed by atoms with Crippen LogP contribution in [-0.2, 0) is 0 Å². The number of hydrogen-bond donors (Lipinski definition) is 1. The Balaban J connectivity index is 1.71. The molecule has 1 aromatic rings. The second-order valence-corrected chi connectivity index (χ2v) is 7.08. The molecule has 5 heteroatoms. The van der Waals surface area contributed by atoms with E-state index in [2.05, 4.69) is 33.1 Å². The van der Waals surface area contributed by atoms with Crippen molar-refractivity contribution < 1.29 is 4.79 Å². The van der Waals surface area contributed by atoms with E-state index < -0.39 is 0 Å². The zero-order valence-corrected chi connectivity index (χ0v) is 14.7. The lowest BCUT2D eigenvalue weighted by molar-refractivity contribution is 0.0950. The van der Waals surface area contributed by atoms with Gasteiger partial charge in [-0.15, -0.1) is 0 Å². The normalized spacial score (nSPS) is 16.9. The number of carbonyl (C=O) groups excluding carboxylic acids is 1. The molecule has 1 fully saturated rings. The summed E-state index contributed by atoms with van der Waals surface area (Å²) in [7, 11) is 0. The van der Waals surface area contributed by atoms with Crippen molar-refractivity contribution in [3.05, 3.63) is 33.3 Å². The number of carbonyl (C=O) groups is 1. The summed E-state index contributed by atoms with van der Waals surface area (Å²) in [6.45, 7) is 6.44. The first-order valence-electron chi connectivity index (χ1n) is 7.52. The summed E-state index contributed by atoms with van der Waals surface area (Å²) in [5.41, 5.74) is 0.526. The van der Waals surface area contributed by atoms with E-state index in [0.717, 1.165) is 23.4 Å². The molecule has 0 saturated carbocycles. The number of nitrogens with zero attached hydrogens (tertiary/aromatic N) is 1. The van der Waals surface area contributed by atoms with Crippen LogP contribution in [0.15, 0.2) is 22.7 Å². The topological polar surface area (TPSA) is 32.3 Å². The molecule has 21 heavy (non-hydrogen) atoms. The Hall–Kier alpha value is -0.580. The minimum Gasteiger partial charge on any atom is -0.352 e. The van der Waals surface area contributed by atoms with Crippen LogP contribution >= 0.6 is 27.5 Å². The Morgan fingerprint density at radius 2 is 2.14 bits per heavy atom. The summed E-state index contributed by atoms with van der Waals surface area (Å²) in [6, 6.07) is 5.32. The lowest BCUT2D eigenvalue weighted by Crippen LogP contribution is -2.35. The van der Waals surface area contributed by atoms with Gasteiger partial charge in [-0.1, -0.05) is 34.5 Å². The maximum absolute atomic E-state index is 12.1. The standard InChI is InChI=1S/C16H22BrClN2O/c1-12-5-9-20(10-6-12)8-2-7-19-16(21)14-11-13(17)3-4-15(14)18/h3-4,11-12H,2,5-10H2,1H3,(H,19,21). The molecule has 0 atom stereocenters. The fourth-order valence-electron chi connectivity index (χ4n) is 2.56. The largest absolute Gasteiger partial charge is 0.352 e. The van der Waals surface area contributed by atoms with Gasteiger partial charge in [-0.2, -0.15) is 0 Å². The van der Waals surface area contributed by atoms with Crippen molar-refractivity contribution in [2.45, 2.75) is 26.2 Å². The van der Waals surface area contributed by atoms with E-state index in [1.807, 2.05) is 6.07 Å². The van der Waals surface area contributed by atoms with E-state index in [1.54, 1.807) is 12.1 Å². The maximum Gasteiger partial charge on any atom is 0.252 e. The fourth-order valence-corrected chi connectivity index (χ4v) is 3.12. The second kappa shape index (κ2) is 8.16. The van der Waals surface area contributed by atoms with Gasteiger partial charge in [-0.3, -0.25) is 4.79 Å². The Morgan fingerprint density at radius 1 is 1.43 bits per heavy atom. The summed E-state index contributed by atoms with van der Waals surface area (Å²) >= 11 is 9.41. The number of amides is 1. The molecular formula is C16H22BrClN2O. The zero-order chi connectivity index (χ0) is 15.2. The van der Waals surface area contributed by atoms with Crippen molar-refractivity contribution >= 4 is 33.4 Å². The predicted octanol–water partition coefficient (Wildman–Crippen LogP) is 3.95. The Kier molecular flexibility index (Phi) is 6.52. The SMILES string of the molecule is CC1CCN(CCCNC(=O)c2cc(Br)ccc2Cl)CC1. The van der Waals surface area contributed by atoms with Gasteiger partial charge in [0.25, 0.3) is 5.91 Å². The van der Waals surface area contributed by atoms with Crippen LogP contribution in [0.2, 0.25) is 5.02 Å². The van der Waals surface area contributed by atoms with Gasteiger partial charge in [-0.05, 0) is 63.0 Å². The van der Waals surface area contributed by atoms with Crippen LogP contribution in [0, 0.1) is 5.92 Å². The van der Waals surface area contributed by atoms with Crippen LogP contribution in [0.4, 0.5) is 0 Å². The van der Waals surface area contributed by atoms with Crippen LogP contribution in [0.5, 0.6) is 0 Å². The number of benzene rings is 1. The van der Waals surface area contributed by atoms with E-state index in [4.69, 9.17) is 11.6 Å². The highest BCUT2D eigenvalue weighted by atomic mass is 79.9. The van der Waals surface area contributed by atoms with Crippen molar-refractivity contribution in [2.75, 3.05) is 26.2 Å². The number of halogens is 2. The molecule has 1 saturated heterocycles. The third kappa shape index (κ3) is 5.28. The maximum atomic E-state index is 12.1. The first-order chi connectivity index (χ1) is 10.1. The third-order valence-corrected chi connectivity index (χ3v) is 4.81. The summed E-state index contributed by atoms with van der Waals surface area (Å²) in [4.78, 5) is 14.6. The second-order valence-electron chi connectivity index (χ2n) is 5.76. The van der Waals surface area contributed by atoms with Crippen molar-refractivity contribution in [2.24, 2.45) is 5.92 Å². The molecule has 1 aliphatic rings. The van der Waals surface area contributed by atoms with Crippen LogP contribution < -0.4 is 5.32 Å². The van der Waals surface area contributed by atoms with E-state index >= 15 is 0 Å². The van der Waals surface area contributed by atoms with Crippen LogP contribution in [0.1, 0.15) is 36.5 Å². The predicted molar refractivity (Wildman–Crippen MR) is 90.9 cm³/mol. The molecule has 0 unspecified atom stereocenters. The third-order valence-electron chi connectivity index (χ3n) is 3.99. The average molecular weight is 374 g/mol. The smallest absolute Gasteiger partial charge is 0.252 e. The lowest BCUT2D eigenvalue weighted by atomic mass is 9.99. The number of likely N-dealkylation sites (tertiary alicyclic amines) is 1. The number of nitrogens with one attached hydrogen (secondary N) is 1. The molecule has 1 heterocycles. The lowest BCUT2D eigenvalue weighted by Gasteiger charge is -2.30. The van der Waals surface area contributed by atoms with E-state index in [-0.39, 0.29) is 5.91 Å². The van der Waals surface area contributed by atoms with Gasteiger partial charge in [-0.25, -0.2) is 0 Å². The molecule has 0 aliphatic carbocycles. The van der Waals surface area contributed by atoms with Crippen molar-refractivity contribution in [3.63, 3.8) is 0 Å². The van der Waals surface area contributed by atoms with E-state index in [0.29, 0.717) is 17.1 Å². The molecule has 116 valence electrons. The van der Waals surface area contributed by atoms with Gasteiger partial charge in [0, 0.05) is 11.0 Å². The summed E-state index contributed by atoms with van der Waals surface area (Å²) < 4.78 is 0.861. The van der Waals surface area contributed by atoms with Gasteiger partial charge in [0.1, 0.15) is 0 Å². The molecule has 1 aliphatic heterocycles. The van der Waals surface area contributed by atoms with Gasteiger partial charge in [0.2, 0.25) is 0 Å². The van der Waals surface area contributed by atoms with Crippen molar-refractivity contribution in [1.29, 1.82) is 0 Å². The summed E-state index contributed by atoms with van der Waals surface area (Å²) in [6.07, 6.45) is 3.56. The molecule has 0 bridgehead atoms. The Labute approximate surface area is 140 Å². The quantitative estimate of drug-likeness (QED) is 0.793. The molecule has 0 aromatic heterocycles. The number of hydrogen-bond acceptors (Lipinski definition) is 2. The average Bonchev–Trinajstić information content (AvgIpc) is 2.47. The number of rotatable bonds is 5. The van der Waals surface area contributed by atoms with Gasteiger partial charge >= 0.3 is 0 Å². The van der Waals surface area contributed by atoms with Gasteiger partial charge in [0.05, 0.1) is 10.6 Å². The summed E-state index contributed by atoms with van der Waals surface area (Å²) in [5.74, 6) is 0.758. The van der Waals surface area contributed by atoms with Gasteiger partial charge < -0.3 is 10.2 Å². The first kappa shape index (κ1) is 16.8. The Morgan fingerprint density at radius 3 is 2.86 bits per heavy atom. The van der Waals surface area contributed by atoms with Crippen LogP contribution in [-0.4, -0.2) is 37.0 Å². The van der Waals surface area contributed by atoms with E-state index in [1.165, 1.54) is 25.9 Å². The highest BCUT2D eigenvalue weighted by molar-refractivity contribution is 9.10. The fraction of sp³-hybridized carbons (Fsp3) is 0.562. The number of piperidine rings is 1. The molecule has 0 spiro atoms. The van der Waals surface area contributed by atoms with E-state index in [9.17, 15) is 4.79 Å². The molecular weight excluding hydrogens is 352 g/mol. The molecule has 1 amide bonds. The molecule has 0 radical (unpaired) electrons. The molecule has 1 aromatic carbocycles. The van der Waals surface area contributed by atoms with Crippen LogP contribution in [0.3, 0.4) is 0 Å². The van der Waals surface area contributed by atoms with Gasteiger partial charge in [0.15, 0.2) is 0 Å². The monoisotopic (exact) mass is 372 g/mol. The summed E-state index contributed by atoms with van der Waals surface area (Å²) in [5, 5.41) is 3.43.